The van der Waals surface area contributed by atoms with E-state index in [1.165, 1.54) is 12.1 Å². The summed E-state index contributed by atoms with van der Waals surface area (Å²) in [6.45, 7) is 3.97. The molecule has 2 amide bonds. The number of aromatic nitrogens is 1. The molecular formula is C19H25N5O3S. The molecule has 2 unspecified atom stereocenters. The maximum Gasteiger partial charge on any atom is 0.319 e. The summed E-state index contributed by atoms with van der Waals surface area (Å²) in [5.41, 5.74) is 1.40. The van der Waals surface area contributed by atoms with Gasteiger partial charge in [0.05, 0.1) is 4.90 Å². The highest BCUT2D eigenvalue weighted by molar-refractivity contribution is 7.89. The second-order valence-corrected chi connectivity index (χ2v) is 8.72. The van der Waals surface area contributed by atoms with Crippen molar-refractivity contribution in [2.75, 3.05) is 18.4 Å². The highest BCUT2D eigenvalue weighted by atomic mass is 32.2. The molecule has 0 radical (unpaired) electrons. The second-order valence-electron chi connectivity index (χ2n) is 7.01. The summed E-state index contributed by atoms with van der Waals surface area (Å²) in [5, 5.41) is 8.63. The van der Waals surface area contributed by atoms with Gasteiger partial charge in [0.1, 0.15) is 0 Å². The number of carbonyl (C=O) groups is 1. The Bertz CT molecular complexity index is 888. The van der Waals surface area contributed by atoms with Crippen LogP contribution in [0.3, 0.4) is 0 Å². The van der Waals surface area contributed by atoms with Gasteiger partial charge in [0.25, 0.3) is 0 Å². The summed E-state index contributed by atoms with van der Waals surface area (Å²) in [4.78, 5) is 16.1. The zero-order valence-electron chi connectivity index (χ0n) is 15.7. The number of hydrogen-bond donors (Lipinski definition) is 4. The lowest BCUT2D eigenvalue weighted by Crippen LogP contribution is -2.48. The van der Waals surface area contributed by atoms with Crippen LogP contribution in [0.15, 0.2) is 53.7 Å². The molecule has 0 spiro atoms. The van der Waals surface area contributed by atoms with Gasteiger partial charge in [0.15, 0.2) is 0 Å². The van der Waals surface area contributed by atoms with E-state index in [0.717, 1.165) is 18.5 Å². The quantitative estimate of drug-likeness (QED) is 0.586. The minimum absolute atomic E-state index is 0.121. The number of hydrogen-bond acceptors (Lipinski definition) is 5. The lowest BCUT2D eigenvalue weighted by Gasteiger charge is -2.28. The smallest absolute Gasteiger partial charge is 0.319 e. The molecule has 1 fully saturated rings. The first-order valence-corrected chi connectivity index (χ1v) is 10.7. The summed E-state index contributed by atoms with van der Waals surface area (Å²) in [6, 6.07) is 9.27. The van der Waals surface area contributed by atoms with E-state index in [-0.39, 0.29) is 17.0 Å². The summed E-state index contributed by atoms with van der Waals surface area (Å²) < 4.78 is 27.9. The molecule has 1 saturated heterocycles. The van der Waals surface area contributed by atoms with Gasteiger partial charge in [-0.15, -0.1) is 0 Å². The number of carbonyl (C=O) groups excluding carboxylic acids is 1. The van der Waals surface area contributed by atoms with Crippen LogP contribution in [-0.4, -0.2) is 38.6 Å². The number of piperidine rings is 1. The van der Waals surface area contributed by atoms with Gasteiger partial charge in [0, 0.05) is 37.2 Å². The summed E-state index contributed by atoms with van der Waals surface area (Å²) in [5.74, 6) is 0.429. The van der Waals surface area contributed by atoms with E-state index in [1.807, 2.05) is 6.07 Å². The number of nitrogens with zero attached hydrogens (tertiary/aromatic N) is 1. The number of rotatable bonds is 6. The van der Waals surface area contributed by atoms with Gasteiger partial charge in [-0.25, -0.2) is 17.9 Å². The Morgan fingerprint density at radius 2 is 2.00 bits per heavy atom. The number of benzene rings is 1. The van der Waals surface area contributed by atoms with E-state index < -0.39 is 10.0 Å². The van der Waals surface area contributed by atoms with Crippen molar-refractivity contribution in [3.63, 3.8) is 0 Å². The fourth-order valence-corrected chi connectivity index (χ4v) is 4.36. The van der Waals surface area contributed by atoms with Gasteiger partial charge in [-0.2, -0.15) is 0 Å². The Morgan fingerprint density at radius 1 is 1.21 bits per heavy atom. The number of sulfonamides is 1. The average Bonchev–Trinajstić information content (AvgIpc) is 2.67. The zero-order chi connectivity index (χ0) is 20.0. The molecule has 1 aromatic carbocycles. The van der Waals surface area contributed by atoms with Crippen LogP contribution in [0.2, 0.25) is 0 Å². The molecule has 2 heterocycles. The van der Waals surface area contributed by atoms with E-state index >= 15 is 0 Å². The lowest BCUT2D eigenvalue weighted by atomic mass is 9.99. The molecule has 1 aliphatic rings. The van der Waals surface area contributed by atoms with Crippen molar-refractivity contribution >= 4 is 21.7 Å². The second kappa shape index (κ2) is 9.13. The molecule has 150 valence electrons. The molecule has 2 atom stereocenters. The van der Waals surface area contributed by atoms with Crippen molar-refractivity contribution in [3.05, 3.63) is 54.4 Å². The number of nitrogens with one attached hydrogen (secondary N) is 4. The first kappa shape index (κ1) is 20.2. The van der Waals surface area contributed by atoms with E-state index in [4.69, 9.17) is 0 Å². The predicted octanol–water partition coefficient (Wildman–Crippen LogP) is 1.68. The van der Waals surface area contributed by atoms with Crippen LogP contribution in [0.5, 0.6) is 0 Å². The molecule has 1 aromatic heterocycles. The average molecular weight is 404 g/mol. The van der Waals surface area contributed by atoms with Crippen molar-refractivity contribution < 1.29 is 13.2 Å². The topological polar surface area (TPSA) is 112 Å². The largest absolute Gasteiger partial charge is 0.334 e. The molecule has 28 heavy (non-hydrogen) atoms. The molecule has 8 nitrogen and oxygen atoms in total. The monoisotopic (exact) mass is 403 g/mol. The molecular weight excluding hydrogens is 378 g/mol. The Morgan fingerprint density at radius 3 is 2.68 bits per heavy atom. The fraction of sp³-hybridized carbons (Fsp3) is 0.368. The van der Waals surface area contributed by atoms with Crippen molar-refractivity contribution in [2.45, 2.75) is 30.8 Å². The molecule has 0 aliphatic carbocycles. The maximum absolute atomic E-state index is 12.6. The Labute approximate surface area is 165 Å². The van der Waals surface area contributed by atoms with E-state index in [9.17, 15) is 13.2 Å². The van der Waals surface area contributed by atoms with E-state index in [1.54, 1.807) is 30.6 Å². The zero-order valence-corrected chi connectivity index (χ0v) is 16.5. The molecule has 9 heteroatoms. The van der Waals surface area contributed by atoms with Crippen LogP contribution in [-0.2, 0) is 16.6 Å². The standard InChI is InChI=1S/C19H25N5O3S/c1-14-9-17(13-21-10-14)24-28(26,27)18-6-4-16(5-7-18)23-19(25)22-12-15-3-2-8-20-11-15/h2-8,11,14,17,21,24H,9-10,12-13H2,1H3,(H2,22,23,25). The van der Waals surface area contributed by atoms with Crippen LogP contribution >= 0.6 is 0 Å². The Balaban J connectivity index is 1.54. The molecule has 0 saturated carbocycles. The van der Waals surface area contributed by atoms with Gasteiger partial charge in [-0.3, -0.25) is 4.98 Å². The first-order valence-electron chi connectivity index (χ1n) is 9.19. The van der Waals surface area contributed by atoms with Crippen molar-refractivity contribution in [1.82, 2.24) is 20.3 Å². The van der Waals surface area contributed by atoms with Crippen LogP contribution in [0.4, 0.5) is 10.5 Å². The highest BCUT2D eigenvalue weighted by Crippen LogP contribution is 2.17. The van der Waals surface area contributed by atoms with Crippen LogP contribution in [0, 0.1) is 5.92 Å². The fourth-order valence-electron chi connectivity index (χ4n) is 3.11. The third-order valence-electron chi connectivity index (χ3n) is 4.49. The van der Waals surface area contributed by atoms with Gasteiger partial charge >= 0.3 is 6.03 Å². The number of pyridine rings is 1. The summed E-state index contributed by atoms with van der Waals surface area (Å²) in [6.07, 6.45) is 4.15. The maximum atomic E-state index is 12.6. The van der Waals surface area contributed by atoms with Gasteiger partial charge in [-0.1, -0.05) is 13.0 Å². The Hall–Kier alpha value is -2.49. The molecule has 0 bridgehead atoms. The van der Waals surface area contributed by atoms with E-state index in [0.29, 0.717) is 24.7 Å². The third kappa shape index (κ3) is 5.75. The van der Waals surface area contributed by atoms with Crippen LogP contribution in [0.1, 0.15) is 18.9 Å². The minimum Gasteiger partial charge on any atom is -0.334 e. The summed E-state index contributed by atoms with van der Waals surface area (Å²) >= 11 is 0. The number of urea groups is 1. The van der Waals surface area contributed by atoms with Crippen LogP contribution in [0.25, 0.3) is 0 Å². The molecule has 1 aliphatic heterocycles. The third-order valence-corrected chi connectivity index (χ3v) is 6.03. The van der Waals surface area contributed by atoms with Crippen molar-refractivity contribution in [1.29, 1.82) is 0 Å². The van der Waals surface area contributed by atoms with Gasteiger partial charge in [-0.05, 0) is 54.8 Å². The first-order chi connectivity index (χ1) is 13.4. The van der Waals surface area contributed by atoms with Crippen molar-refractivity contribution in [2.24, 2.45) is 5.92 Å². The van der Waals surface area contributed by atoms with Gasteiger partial charge < -0.3 is 16.0 Å². The van der Waals surface area contributed by atoms with Gasteiger partial charge in [0.2, 0.25) is 10.0 Å². The minimum atomic E-state index is -3.60. The van der Waals surface area contributed by atoms with E-state index in [2.05, 4.69) is 32.6 Å². The molecule has 3 rings (SSSR count). The lowest BCUT2D eigenvalue weighted by molar-refractivity contribution is 0.251. The normalized spacial score (nSPS) is 19.8. The SMILES string of the molecule is CC1CNCC(NS(=O)(=O)c2ccc(NC(=O)NCc3cccnc3)cc2)C1. The molecule has 4 N–H and O–H groups in total. The van der Waals surface area contributed by atoms with Crippen molar-refractivity contribution in [3.8, 4) is 0 Å². The number of amides is 2. The van der Waals surface area contributed by atoms with Crippen LogP contribution < -0.4 is 20.7 Å². The number of anilines is 1. The highest BCUT2D eigenvalue weighted by Gasteiger charge is 2.24. The summed E-state index contributed by atoms with van der Waals surface area (Å²) in [7, 11) is -3.60. The Kier molecular flexibility index (Phi) is 6.61. The predicted molar refractivity (Wildman–Crippen MR) is 107 cm³/mol. The molecule has 2 aromatic rings.